The van der Waals surface area contributed by atoms with E-state index in [1.807, 2.05) is 24.3 Å². The van der Waals surface area contributed by atoms with Gasteiger partial charge < -0.3 is 28.4 Å². The summed E-state index contributed by atoms with van der Waals surface area (Å²) in [6.07, 6.45) is -5.94. The fourth-order valence-electron chi connectivity index (χ4n) is 3.08. The topological polar surface area (TPSA) is 124 Å². The predicted molar refractivity (Wildman–Crippen MR) is 116 cm³/mol. The van der Waals surface area contributed by atoms with Gasteiger partial charge in [-0.25, -0.2) is 0 Å². The Morgan fingerprint density at radius 1 is 0.812 bits per heavy atom. The molecule has 0 spiro atoms. The fourth-order valence-corrected chi connectivity index (χ4v) is 3.44. The average Bonchev–Trinajstić information content (AvgIpc) is 2.69. The lowest BCUT2D eigenvalue weighted by molar-refractivity contribution is -0.310. The maximum absolute atomic E-state index is 11.8. The van der Waals surface area contributed by atoms with E-state index in [0.717, 1.165) is 23.0 Å². The fraction of sp³-hybridized carbons (Fsp3) is 0.524. The first-order valence-corrected chi connectivity index (χ1v) is 10.8. The van der Waals surface area contributed by atoms with Crippen molar-refractivity contribution < 1.29 is 47.6 Å². The Labute approximate surface area is 198 Å². The highest BCUT2D eigenvalue weighted by Gasteiger charge is 2.52. The molecule has 1 saturated heterocycles. The van der Waals surface area contributed by atoms with Crippen LogP contribution in [0, 0.1) is 3.57 Å². The highest BCUT2D eigenvalue weighted by Crippen LogP contribution is 2.30. The molecular formula is C21H25IO10. The van der Waals surface area contributed by atoms with Crippen LogP contribution in [0.25, 0.3) is 0 Å². The van der Waals surface area contributed by atoms with Crippen LogP contribution < -0.4 is 0 Å². The van der Waals surface area contributed by atoms with E-state index < -0.39 is 54.6 Å². The number of hydrogen-bond donors (Lipinski definition) is 0. The SMILES string of the molecule is CC(=O)OCC1OC(OCc2ccc(I)cc2)C(OC(C)=O)C(OC(C)=O)C1OC(C)=O. The molecule has 11 heteroatoms. The van der Waals surface area contributed by atoms with E-state index >= 15 is 0 Å². The van der Waals surface area contributed by atoms with Crippen molar-refractivity contribution in [3.05, 3.63) is 33.4 Å². The van der Waals surface area contributed by atoms with Gasteiger partial charge in [0.2, 0.25) is 0 Å². The van der Waals surface area contributed by atoms with Gasteiger partial charge in [-0.2, -0.15) is 0 Å². The van der Waals surface area contributed by atoms with Gasteiger partial charge in [-0.1, -0.05) is 12.1 Å². The van der Waals surface area contributed by atoms with Gasteiger partial charge in [-0.3, -0.25) is 19.2 Å². The quantitative estimate of drug-likeness (QED) is 0.263. The normalized spacial score (nSPS) is 24.8. The first kappa shape index (κ1) is 26.0. The lowest BCUT2D eigenvalue weighted by Gasteiger charge is -2.44. The molecule has 1 aromatic rings. The molecule has 0 bridgehead atoms. The van der Waals surface area contributed by atoms with Gasteiger partial charge >= 0.3 is 23.9 Å². The molecule has 1 aromatic carbocycles. The summed E-state index contributed by atoms with van der Waals surface area (Å²) < 4.78 is 33.8. The molecule has 0 radical (unpaired) electrons. The van der Waals surface area contributed by atoms with Crippen LogP contribution >= 0.6 is 22.6 Å². The Hall–Kier alpha value is -2.25. The van der Waals surface area contributed by atoms with E-state index in [1.165, 1.54) is 13.8 Å². The minimum atomic E-state index is -1.25. The monoisotopic (exact) mass is 564 g/mol. The zero-order valence-corrected chi connectivity index (χ0v) is 20.2. The molecule has 5 atom stereocenters. The summed E-state index contributed by atoms with van der Waals surface area (Å²) in [5.74, 6) is -2.66. The molecule has 5 unspecified atom stereocenters. The average molecular weight is 564 g/mol. The van der Waals surface area contributed by atoms with Crippen LogP contribution in [0.1, 0.15) is 33.3 Å². The van der Waals surface area contributed by atoms with Crippen molar-refractivity contribution in [2.45, 2.75) is 65.0 Å². The van der Waals surface area contributed by atoms with Gasteiger partial charge in [0, 0.05) is 31.3 Å². The number of halogens is 1. The van der Waals surface area contributed by atoms with Crippen molar-refractivity contribution in [3.8, 4) is 0 Å². The van der Waals surface area contributed by atoms with Crippen molar-refractivity contribution in [2.24, 2.45) is 0 Å². The highest BCUT2D eigenvalue weighted by molar-refractivity contribution is 14.1. The van der Waals surface area contributed by atoms with Gasteiger partial charge in [-0.05, 0) is 40.3 Å². The summed E-state index contributed by atoms with van der Waals surface area (Å²) >= 11 is 2.17. The van der Waals surface area contributed by atoms with Crippen LogP contribution in [0.15, 0.2) is 24.3 Å². The molecule has 176 valence electrons. The van der Waals surface area contributed by atoms with Gasteiger partial charge in [0.15, 0.2) is 24.6 Å². The third kappa shape index (κ3) is 8.02. The summed E-state index contributed by atoms with van der Waals surface area (Å²) in [4.78, 5) is 46.6. The van der Waals surface area contributed by atoms with Crippen molar-refractivity contribution in [3.63, 3.8) is 0 Å². The maximum atomic E-state index is 11.8. The summed E-state index contributed by atoms with van der Waals surface area (Å²) in [6, 6.07) is 7.50. The Kier molecular flexibility index (Phi) is 9.84. The van der Waals surface area contributed by atoms with Crippen LogP contribution in [0.4, 0.5) is 0 Å². The van der Waals surface area contributed by atoms with E-state index in [4.69, 9.17) is 28.4 Å². The maximum Gasteiger partial charge on any atom is 0.303 e. The minimum Gasteiger partial charge on any atom is -0.463 e. The predicted octanol–water partition coefficient (Wildman–Crippen LogP) is 1.89. The second-order valence-corrected chi connectivity index (χ2v) is 8.25. The van der Waals surface area contributed by atoms with Crippen LogP contribution in [0.2, 0.25) is 0 Å². The standard InChI is InChI=1S/C21H25IO10/c1-11(23)27-10-17-18(29-12(2)24)19(30-13(3)25)20(31-14(4)26)21(32-17)28-9-15-5-7-16(22)8-6-15/h5-8,17-21H,9-10H2,1-4H3. The molecule has 0 N–H and O–H groups in total. The second kappa shape index (κ2) is 12.1. The molecule has 1 fully saturated rings. The molecular weight excluding hydrogens is 539 g/mol. The van der Waals surface area contributed by atoms with Crippen LogP contribution in [-0.4, -0.2) is 61.2 Å². The molecule has 2 rings (SSSR count). The van der Waals surface area contributed by atoms with Crippen LogP contribution in [0.3, 0.4) is 0 Å². The Morgan fingerprint density at radius 3 is 1.88 bits per heavy atom. The van der Waals surface area contributed by atoms with Crippen molar-refractivity contribution in [1.29, 1.82) is 0 Å². The molecule has 10 nitrogen and oxygen atoms in total. The summed E-state index contributed by atoms with van der Waals surface area (Å²) in [6.45, 7) is 4.49. The molecule has 1 heterocycles. The van der Waals surface area contributed by atoms with E-state index in [1.54, 1.807) is 0 Å². The Balaban J connectivity index is 2.35. The number of esters is 4. The zero-order valence-electron chi connectivity index (χ0n) is 18.1. The van der Waals surface area contributed by atoms with Gasteiger partial charge in [0.25, 0.3) is 0 Å². The van der Waals surface area contributed by atoms with E-state index in [-0.39, 0.29) is 13.2 Å². The van der Waals surface area contributed by atoms with E-state index in [0.29, 0.717) is 0 Å². The highest BCUT2D eigenvalue weighted by atomic mass is 127. The van der Waals surface area contributed by atoms with Gasteiger partial charge in [0.05, 0.1) is 6.61 Å². The first-order valence-electron chi connectivity index (χ1n) is 9.73. The molecule has 0 saturated carbocycles. The number of carbonyl (C=O) groups is 4. The Bertz CT molecular complexity index is 824. The first-order chi connectivity index (χ1) is 15.1. The summed E-state index contributed by atoms with van der Waals surface area (Å²) in [5.41, 5.74) is 0.818. The molecule has 0 amide bonds. The lowest BCUT2D eigenvalue weighted by Crippen LogP contribution is -2.62. The number of hydrogen-bond acceptors (Lipinski definition) is 10. The van der Waals surface area contributed by atoms with Crippen molar-refractivity contribution in [2.75, 3.05) is 6.61 Å². The number of rotatable bonds is 8. The number of benzene rings is 1. The molecule has 0 aromatic heterocycles. The number of carbonyl (C=O) groups excluding carboxylic acids is 4. The van der Waals surface area contributed by atoms with E-state index in [2.05, 4.69) is 22.6 Å². The van der Waals surface area contributed by atoms with Crippen molar-refractivity contribution in [1.82, 2.24) is 0 Å². The smallest absolute Gasteiger partial charge is 0.303 e. The molecule has 0 aliphatic carbocycles. The summed E-state index contributed by atoms with van der Waals surface area (Å²) in [5, 5.41) is 0. The lowest BCUT2D eigenvalue weighted by atomic mass is 9.98. The van der Waals surface area contributed by atoms with E-state index in [9.17, 15) is 19.2 Å². The molecule has 1 aliphatic rings. The third-order valence-electron chi connectivity index (χ3n) is 4.28. The largest absolute Gasteiger partial charge is 0.463 e. The zero-order chi connectivity index (χ0) is 23.8. The van der Waals surface area contributed by atoms with Crippen LogP contribution in [0.5, 0.6) is 0 Å². The third-order valence-corrected chi connectivity index (χ3v) is 4.99. The minimum absolute atomic E-state index is 0.0880. The van der Waals surface area contributed by atoms with Crippen molar-refractivity contribution >= 4 is 46.5 Å². The van der Waals surface area contributed by atoms with Gasteiger partial charge in [0.1, 0.15) is 12.7 Å². The summed E-state index contributed by atoms with van der Waals surface area (Å²) in [7, 11) is 0. The Morgan fingerprint density at radius 2 is 1.34 bits per heavy atom. The molecule has 32 heavy (non-hydrogen) atoms. The molecule has 1 aliphatic heterocycles. The number of ether oxygens (including phenoxy) is 6. The second-order valence-electron chi connectivity index (χ2n) is 7.01. The van der Waals surface area contributed by atoms with Gasteiger partial charge in [-0.15, -0.1) is 0 Å². The van der Waals surface area contributed by atoms with Crippen LogP contribution in [-0.2, 0) is 54.2 Å².